The molecule has 0 saturated carbocycles. The number of ether oxygens (including phenoxy) is 6. The van der Waals surface area contributed by atoms with Gasteiger partial charge in [0.1, 0.15) is 20.0 Å². The quantitative estimate of drug-likeness (QED) is 0.0654. The summed E-state index contributed by atoms with van der Waals surface area (Å²) >= 11 is 0. The van der Waals surface area contributed by atoms with E-state index in [1.165, 1.54) is 167 Å². The lowest BCUT2D eigenvalue weighted by Gasteiger charge is -2.14. The second kappa shape index (κ2) is 47.5. The third-order valence-electron chi connectivity index (χ3n) is 10.2. The van der Waals surface area contributed by atoms with Crippen molar-refractivity contribution in [2.24, 2.45) is 0 Å². The van der Waals surface area contributed by atoms with Crippen molar-refractivity contribution in [1.29, 1.82) is 0 Å². The van der Waals surface area contributed by atoms with Gasteiger partial charge in [-0.25, -0.2) is 0 Å². The molecule has 0 saturated heterocycles. The Morgan fingerprint density at radius 1 is 0.375 bits per heavy atom. The van der Waals surface area contributed by atoms with Crippen molar-refractivity contribution >= 4 is 12.5 Å². The topological polar surface area (TPSA) is 84.5 Å². The van der Waals surface area contributed by atoms with E-state index in [4.69, 9.17) is 33.2 Å². The highest BCUT2D eigenvalue weighted by molar-refractivity contribution is 5.54. The van der Waals surface area contributed by atoms with E-state index >= 15 is 0 Å². The largest absolute Gasteiger partial charge is 0.487 e. The van der Waals surface area contributed by atoms with Gasteiger partial charge in [-0.05, 0) is 25.0 Å². The van der Waals surface area contributed by atoms with E-state index in [2.05, 4.69) is 19.2 Å². The fraction of sp³-hybridized carbons (Fsp3) is 0.854. The first-order valence-corrected chi connectivity index (χ1v) is 23.5. The smallest absolute Gasteiger partial charge is 0.163 e. The van der Waals surface area contributed by atoms with E-state index in [-0.39, 0.29) is 0 Å². The molecule has 8 heteroatoms. The molecule has 0 aliphatic rings. The van der Waals surface area contributed by atoms with Gasteiger partial charge in [0.25, 0.3) is 0 Å². The first-order chi connectivity index (χ1) is 27.8. The number of rotatable bonds is 45. The third kappa shape index (κ3) is 39.0. The Morgan fingerprint density at radius 3 is 1.00 bits per heavy atom. The first-order valence-electron chi connectivity index (χ1n) is 23.5. The molecule has 0 amide bonds. The summed E-state index contributed by atoms with van der Waals surface area (Å²) < 4.78 is 35.0. The van der Waals surface area contributed by atoms with E-state index in [1.807, 2.05) is 32.0 Å². The van der Waals surface area contributed by atoms with Gasteiger partial charge in [0.15, 0.2) is 11.5 Å². The van der Waals surface area contributed by atoms with Gasteiger partial charge < -0.3 is 38.5 Å². The number of anilines is 1. The van der Waals surface area contributed by atoms with Crippen LogP contribution in [-0.2, 0) is 23.7 Å². The third-order valence-corrected chi connectivity index (χ3v) is 10.2. The second-order valence-corrected chi connectivity index (χ2v) is 15.3. The van der Waals surface area contributed by atoms with Crippen molar-refractivity contribution in [2.45, 2.75) is 194 Å². The molecule has 1 N–H and O–H groups in total. The summed E-state index contributed by atoms with van der Waals surface area (Å²) in [5, 5.41) is 3.17. The van der Waals surface area contributed by atoms with Crippen LogP contribution in [0, 0.1) is 0 Å². The minimum Gasteiger partial charge on any atom is -0.487 e. The van der Waals surface area contributed by atoms with Gasteiger partial charge in [-0.2, -0.15) is 0 Å². The lowest BCUT2D eigenvalue weighted by molar-refractivity contribution is -0.0980. The Balaban J connectivity index is 0.0000149. The van der Waals surface area contributed by atoms with Crippen LogP contribution in [0.25, 0.3) is 0 Å². The number of hydrogen-bond donors (Lipinski definition) is 1. The zero-order valence-corrected chi connectivity index (χ0v) is 37.2. The van der Waals surface area contributed by atoms with Crippen LogP contribution in [0.1, 0.15) is 194 Å². The van der Waals surface area contributed by atoms with Crippen molar-refractivity contribution in [3.63, 3.8) is 0 Å². The molecule has 0 aromatic heterocycles. The van der Waals surface area contributed by atoms with Crippen molar-refractivity contribution in [3.8, 4) is 11.5 Å². The molecule has 1 aromatic rings. The molecule has 1 aromatic carbocycles. The van der Waals surface area contributed by atoms with Gasteiger partial charge in [0.2, 0.25) is 0 Å². The van der Waals surface area contributed by atoms with Crippen LogP contribution in [0.4, 0.5) is 5.69 Å². The SMILES string of the molecule is C=O.CCCCCCCCCCCCCCCCOCCOCCOc1ccc(NC)cc1OCCOCCOCCCCCCCCCCCCCCCC. The highest BCUT2D eigenvalue weighted by Crippen LogP contribution is 2.30. The van der Waals surface area contributed by atoms with Crippen molar-refractivity contribution < 1.29 is 33.2 Å². The molecule has 0 atom stereocenters. The Kier molecular flexibility index (Phi) is 45.9. The summed E-state index contributed by atoms with van der Waals surface area (Å²) in [5.74, 6) is 1.42. The number of carbonyl (C=O) groups excluding carboxylic acids is 1. The van der Waals surface area contributed by atoms with Crippen LogP contribution >= 0.6 is 0 Å². The molecule has 0 unspecified atom stereocenters. The minimum atomic E-state index is 0.454. The predicted molar refractivity (Wildman–Crippen MR) is 238 cm³/mol. The zero-order chi connectivity index (χ0) is 40.7. The van der Waals surface area contributed by atoms with Crippen LogP contribution in [0.2, 0.25) is 0 Å². The van der Waals surface area contributed by atoms with Gasteiger partial charge >= 0.3 is 0 Å². The summed E-state index contributed by atoms with van der Waals surface area (Å²) in [4.78, 5) is 8.00. The van der Waals surface area contributed by atoms with Crippen LogP contribution in [0.15, 0.2) is 18.2 Å². The first kappa shape index (κ1) is 54.1. The summed E-state index contributed by atoms with van der Waals surface area (Å²) in [6.07, 6.45) is 38.5. The molecule has 0 fully saturated rings. The minimum absolute atomic E-state index is 0.454. The molecule has 0 spiro atoms. The van der Waals surface area contributed by atoms with Crippen molar-refractivity contribution in [1.82, 2.24) is 0 Å². The summed E-state index contributed by atoms with van der Waals surface area (Å²) in [5.41, 5.74) is 0.974. The van der Waals surface area contributed by atoms with Crippen molar-refractivity contribution in [3.05, 3.63) is 18.2 Å². The molecular weight excluding hydrogens is 703 g/mol. The van der Waals surface area contributed by atoms with Gasteiger partial charge in [-0.3, -0.25) is 0 Å². The van der Waals surface area contributed by atoms with E-state index in [1.54, 1.807) is 0 Å². The second-order valence-electron chi connectivity index (χ2n) is 15.3. The molecule has 0 aliphatic heterocycles. The Bertz CT molecular complexity index is 889. The molecular formula is C48H91NO7. The summed E-state index contributed by atoms with van der Waals surface area (Å²) in [7, 11) is 1.90. The summed E-state index contributed by atoms with van der Waals surface area (Å²) in [6, 6.07) is 5.88. The standard InChI is InChI=1S/C47H89NO6.CH2O/c1-4-6-8-10-12-14-16-18-20-22-24-26-28-30-34-49-36-38-51-40-42-53-46-33-32-45(48-3)44-47(46)54-43-41-52-39-37-50-35-31-29-27-25-23-21-19-17-15-13-11-9-7-5-2;1-2/h32-33,44,48H,4-31,34-43H2,1-3H3;1H2. The number of unbranched alkanes of at least 4 members (excludes halogenated alkanes) is 26. The number of hydrogen-bond acceptors (Lipinski definition) is 8. The molecule has 0 aliphatic carbocycles. The highest BCUT2D eigenvalue weighted by Gasteiger charge is 2.07. The number of carbonyl (C=O) groups is 1. The molecule has 8 nitrogen and oxygen atoms in total. The Labute approximate surface area is 346 Å². The van der Waals surface area contributed by atoms with Gasteiger partial charge in [-0.1, -0.05) is 181 Å². The van der Waals surface area contributed by atoms with Gasteiger partial charge in [0.05, 0.1) is 39.6 Å². The number of nitrogens with one attached hydrogen (secondary N) is 1. The lowest BCUT2D eigenvalue weighted by Crippen LogP contribution is -2.13. The molecule has 330 valence electrons. The zero-order valence-electron chi connectivity index (χ0n) is 37.2. The van der Waals surface area contributed by atoms with Crippen LogP contribution < -0.4 is 14.8 Å². The molecule has 0 bridgehead atoms. The summed E-state index contributed by atoms with van der Waals surface area (Å²) in [6.45, 7) is 12.6. The van der Waals surface area contributed by atoms with E-state index in [0.29, 0.717) is 64.4 Å². The molecule has 0 heterocycles. The predicted octanol–water partition coefficient (Wildman–Crippen LogP) is 13.3. The monoisotopic (exact) mass is 794 g/mol. The Hall–Kier alpha value is -1.87. The number of benzene rings is 1. The normalized spacial score (nSPS) is 11.1. The average Bonchev–Trinajstić information content (AvgIpc) is 3.23. The lowest BCUT2D eigenvalue weighted by atomic mass is 10.0. The molecule has 56 heavy (non-hydrogen) atoms. The van der Waals surface area contributed by atoms with Gasteiger partial charge in [0, 0.05) is 32.0 Å². The average molecular weight is 794 g/mol. The van der Waals surface area contributed by atoms with Gasteiger partial charge in [-0.15, -0.1) is 0 Å². The van der Waals surface area contributed by atoms with Crippen molar-refractivity contribution in [2.75, 3.05) is 78.4 Å². The maximum atomic E-state index is 8.00. The van der Waals surface area contributed by atoms with Crippen LogP contribution in [0.5, 0.6) is 11.5 Å². The Morgan fingerprint density at radius 2 is 0.661 bits per heavy atom. The fourth-order valence-electron chi connectivity index (χ4n) is 6.76. The fourth-order valence-corrected chi connectivity index (χ4v) is 6.76. The molecule has 1 rings (SSSR count). The van der Waals surface area contributed by atoms with Crippen LogP contribution in [-0.4, -0.2) is 79.9 Å². The maximum Gasteiger partial charge on any atom is 0.163 e. The molecule has 0 radical (unpaired) electrons. The van der Waals surface area contributed by atoms with E-state index in [9.17, 15) is 0 Å². The van der Waals surface area contributed by atoms with E-state index < -0.39 is 0 Å². The highest BCUT2D eigenvalue weighted by atomic mass is 16.6. The maximum absolute atomic E-state index is 8.00. The van der Waals surface area contributed by atoms with E-state index in [0.717, 1.165) is 31.7 Å². The van der Waals surface area contributed by atoms with Crippen LogP contribution in [0.3, 0.4) is 0 Å².